The van der Waals surface area contributed by atoms with E-state index >= 15 is 0 Å². The fourth-order valence-corrected chi connectivity index (χ4v) is 3.62. The standard InChI is InChI=1S/C14H22O3/c1-5-12(15)17-9-16-11-8-10-6-7-14(11,4)13(10,2)3/h5,10-11H,1,6-9H2,2-4H3. The molecule has 2 fully saturated rings. The highest BCUT2D eigenvalue weighted by Crippen LogP contribution is 2.66. The molecule has 0 aliphatic heterocycles. The van der Waals surface area contributed by atoms with Gasteiger partial charge in [0.05, 0.1) is 6.10 Å². The number of hydrogen-bond acceptors (Lipinski definition) is 3. The van der Waals surface area contributed by atoms with E-state index in [1.54, 1.807) is 0 Å². The zero-order valence-corrected chi connectivity index (χ0v) is 11.0. The van der Waals surface area contributed by atoms with Gasteiger partial charge in [0.1, 0.15) is 0 Å². The van der Waals surface area contributed by atoms with Gasteiger partial charge < -0.3 is 9.47 Å². The van der Waals surface area contributed by atoms with Crippen molar-refractivity contribution in [3.63, 3.8) is 0 Å². The maximum absolute atomic E-state index is 10.9. The van der Waals surface area contributed by atoms with E-state index in [1.807, 2.05) is 0 Å². The SMILES string of the molecule is C=CC(=O)OCOC1CC2CCC1(C)C2(C)C. The first-order chi connectivity index (χ1) is 7.91. The van der Waals surface area contributed by atoms with Crippen LogP contribution in [0.4, 0.5) is 0 Å². The van der Waals surface area contributed by atoms with E-state index in [9.17, 15) is 4.79 Å². The van der Waals surface area contributed by atoms with Crippen molar-refractivity contribution in [1.29, 1.82) is 0 Å². The molecule has 0 radical (unpaired) electrons. The highest BCUT2D eigenvalue weighted by atomic mass is 16.7. The molecule has 3 nitrogen and oxygen atoms in total. The molecule has 17 heavy (non-hydrogen) atoms. The highest BCUT2D eigenvalue weighted by Gasteiger charge is 2.61. The number of esters is 1. The first-order valence-corrected chi connectivity index (χ1v) is 6.32. The maximum Gasteiger partial charge on any atom is 0.332 e. The lowest BCUT2D eigenvalue weighted by atomic mass is 9.70. The molecule has 2 bridgehead atoms. The van der Waals surface area contributed by atoms with E-state index in [4.69, 9.17) is 9.47 Å². The molecule has 2 saturated carbocycles. The summed E-state index contributed by atoms with van der Waals surface area (Å²) in [5, 5.41) is 0. The van der Waals surface area contributed by atoms with E-state index in [1.165, 1.54) is 12.8 Å². The Morgan fingerprint density at radius 3 is 2.65 bits per heavy atom. The van der Waals surface area contributed by atoms with Crippen LogP contribution in [-0.4, -0.2) is 18.9 Å². The molecular weight excluding hydrogens is 216 g/mol. The zero-order valence-electron chi connectivity index (χ0n) is 11.0. The first kappa shape index (κ1) is 12.6. The zero-order chi connectivity index (χ0) is 12.7. The number of carbonyl (C=O) groups is 1. The van der Waals surface area contributed by atoms with Crippen LogP contribution in [0.1, 0.15) is 40.0 Å². The van der Waals surface area contributed by atoms with Gasteiger partial charge in [-0.25, -0.2) is 4.79 Å². The molecule has 0 amide bonds. The van der Waals surface area contributed by atoms with Crippen LogP contribution in [0.5, 0.6) is 0 Å². The Morgan fingerprint density at radius 2 is 2.18 bits per heavy atom. The Hall–Kier alpha value is -0.830. The minimum atomic E-state index is -0.419. The van der Waals surface area contributed by atoms with Gasteiger partial charge in [-0.05, 0) is 36.0 Å². The van der Waals surface area contributed by atoms with Crippen molar-refractivity contribution in [2.75, 3.05) is 6.79 Å². The molecule has 0 aromatic heterocycles. The van der Waals surface area contributed by atoms with Gasteiger partial charge in [-0.1, -0.05) is 27.4 Å². The van der Waals surface area contributed by atoms with Gasteiger partial charge in [-0.15, -0.1) is 0 Å². The van der Waals surface area contributed by atoms with Gasteiger partial charge in [-0.2, -0.15) is 0 Å². The molecule has 0 aromatic carbocycles. The molecule has 96 valence electrons. The van der Waals surface area contributed by atoms with Crippen molar-refractivity contribution in [3.8, 4) is 0 Å². The van der Waals surface area contributed by atoms with E-state index in [0.29, 0.717) is 5.41 Å². The number of rotatable bonds is 4. The molecule has 0 heterocycles. The molecule has 3 heteroatoms. The second-order valence-electron chi connectivity index (χ2n) is 6.05. The highest BCUT2D eigenvalue weighted by molar-refractivity contribution is 5.81. The summed E-state index contributed by atoms with van der Waals surface area (Å²) < 4.78 is 10.7. The largest absolute Gasteiger partial charge is 0.435 e. The van der Waals surface area contributed by atoms with Crippen molar-refractivity contribution in [2.45, 2.75) is 46.1 Å². The minimum absolute atomic E-state index is 0.0495. The molecule has 3 atom stereocenters. The summed E-state index contributed by atoms with van der Waals surface area (Å²) in [6.07, 6.45) is 4.99. The third-order valence-electron chi connectivity index (χ3n) is 5.35. The van der Waals surface area contributed by atoms with Gasteiger partial charge in [-0.3, -0.25) is 0 Å². The Labute approximate surface area is 103 Å². The lowest BCUT2D eigenvalue weighted by Gasteiger charge is -2.38. The molecule has 2 aliphatic carbocycles. The van der Waals surface area contributed by atoms with Crippen LogP contribution in [0.2, 0.25) is 0 Å². The Balaban J connectivity index is 1.92. The molecule has 0 aromatic rings. The van der Waals surface area contributed by atoms with Gasteiger partial charge >= 0.3 is 5.97 Å². The number of ether oxygens (including phenoxy) is 2. The van der Waals surface area contributed by atoms with E-state index in [2.05, 4.69) is 27.4 Å². The molecule has 2 rings (SSSR count). The summed E-state index contributed by atoms with van der Waals surface area (Å²) in [6.45, 7) is 10.4. The first-order valence-electron chi connectivity index (χ1n) is 6.32. The van der Waals surface area contributed by atoms with Crippen LogP contribution in [0.15, 0.2) is 12.7 Å². The lowest BCUT2D eigenvalue weighted by Crippen LogP contribution is -2.37. The summed E-state index contributed by atoms with van der Waals surface area (Å²) in [5.74, 6) is 0.324. The quantitative estimate of drug-likeness (QED) is 0.429. The smallest absolute Gasteiger partial charge is 0.332 e. The average Bonchev–Trinajstić information content (AvgIpc) is 2.61. The summed E-state index contributed by atoms with van der Waals surface area (Å²) in [7, 11) is 0. The van der Waals surface area contributed by atoms with Crippen molar-refractivity contribution < 1.29 is 14.3 Å². The summed E-state index contributed by atoms with van der Waals surface area (Å²) in [4.78, 5) is 10.9. The Bertz CT molecular complexity index is 334. The van der Waals surface area contributed by atoms with Crippen LogP contribution in [0, 0.1) is 16.7 Å². The Kier molecular flexibility index (Phi) is 3.06. The third-order valence-corrected chi connectivity index (χ3v) is 5.35. The topological polar surface area (TPSA) is 35.5 Å². The average molecular weight is 238 g/mol. The van der Waals surface area contributed by atoms with Crippen LogP contribution in [0.3, 0.4) is 0 Å². The van der Waals surface area contributed by atoms with Gasteiger partial charge in [0.2, 0.25) is 0 Å². The van der Waals surface area contributed by atoms with Crippen molar-refractivity contribution in [3.05, 3.63) is 12.7 Å². The maximum atomic E-state index is 10.9. The predicted molar refractivity (Wildman–Crippen MR) is 65.3 cm³/mol. The van der Waals surface area contributed by atoms with Crippen molar-refractivity contribution in [2.24, 2.45) is 16.7 Å². The fourth-order valence-electron chi connectivity index (χ4n) is 3.62. The molecule has 3 unspecified atom stereocenters. The number of fused-ring (bicyclic) bond motifs is 2. The lowest BCUT2D eigenvalue weighted by molar-refractivity contribution is -0.163. The van der Waals surface area contributed by atoms with Gasteiger partial charge in [0.25, 0.3) is 0 Å². The fraction of sp³-hybridized carbons (Fsp3) is 0.786. The second-order valence-corrected chi connectivity index (χ2v) is 6.05. The number of carbonyl (C=O) groups excluding carboxylic acids is 1. The molecule has 0 N–H and O–H groups in total. The van der Waals surface area contributed by atoms with Crippen LogP contribution < -0.4 is 0 Å². The van der Waals surface area contributed by atoms with Gasteiger partial charge in [0.15, 0.2) is 6.79 Å². The van der Waals surface area contributed by atoms with Crippen LogP contribution >= 0.6 is 0 Å². The Morgan fingerprint density at radius 1 is 1.47 bits per heavy atom. The van der Waals surface area contributed by atoms with Crippen molar-refractivity contribution >= 4 is 5.97 Å². The third kappa shape index (κ3) is 1.81. The second kappa shape index (κ2) is 4.13. The monoisotopic (exact) mass is 238 g/mol. The number of hydrogen-bond donors (Lipinski definition) is 0. The van der Waals surface area contributed by atoms with E-state index in [0.717, 1.165) is 18.4 Å². The normalized spacial score (nSPS) is 38.1. The van der Waals surface area contributed by atoms with E-state index < -0.39 is 5.97 Å². The summed E-state index contributed by atoms with van der Waals surface area (Å²) in [5.41, 5.74) is 0.554. The van der Waals surface area contributed by atoms with Crippen molar-refractivity contribution in [1.82, 2.24) is 0 Å². The molecule has 0 saturated heterocycles. The summed E-state index contributed by atoms with van der Waals surface area (Å²) in [6, 6.07) is 0. The van der Waals surface area contributed by atoms with Gasteiger partial charge in [0, 0.05) is 6.08 Å². The predicted octanol–water partition coefficient (Wildman–Crippen LogP) is 2.90. The van der Waals surface area contributed by atoms with Crippen LogP contribution in [0.25, 0.3) is 0 Å². The summed E-state index contributed by atoms with van der Waals surface area (Å²) >= 11 is 0. The molecule has 2 aliphatic rings. The van der Waals surface area contributed by atoms with E-state index in [-0.39, 0.29) is 18.3 Å². The minimum Gasteiger partial charge on any atom is -0.435 e. The van der Waals surface area contributed by atoms with Crippen LogP contribution in [-0.2, 0) is 14.3 Å². The molecule has 0 spiro atoms. The molecular formula is C14H22O3.